The lowest BCUT2D eigenvalue weighted by Crippen LogP contribution is -2.11. The molecule has 0 radical (unpaired) electrons. The van der Waals surface area contributed by atoms with Gasteiger partial charge in [0.1, 0.15) is 17.0 Å². The van der Waals surface area contributed by atoms with Crippen LogP contribution in [-0.2, 0) is 0 Å². The largest absolute Gasteiger partial charge is 0.352 e. The number of nitrogens with one attached hydrogen (secondary N) is 1. The molecule has 12 heteroatoms. The highest BCUT2D eigenvalue weighted by atomic mass is 127. The number of halogens is 4. The van der Waals surface area contributed by atoms with Gasteiger partial charge in [-0.1, -0.05) is 31.3 Å². The van der Waals surface area contributed by atoms with Crippen LogP contribution in [0.5, 0.6) is 0 Å². The molecule has 0 spiro atoms. The number of hydrogen-bond donors (Lipinski definition) is 1. The first-order valence-corrected chi connectivity index (χ1v) is 15.3. The van der Waals surface area contributed by atoms with Gasteiger partial charge in [-0.15, -0.1) is 10.7 Å². The Morgan fingerprint density at radius 2 is 2.00 bits per heavy atom. The Morgan fingerprint density at radius 3 is 2.55 bits per heavy atom. The second-order valence-electron chi connectivity index (χ2n) is 5.97. The molecular formula is C19H22ClF2IN5OPS. The first-order chi connectivity index (χ1) is 14.8. The lowest BCUT2D eigenvalue weighted by molar-refractivity contribution is 0.112. The molecule has 0 saturated heterocycles. The minimum absolute atomic E-state index is 0.0100. The van der Waals surface area contributed by atoms with E-state index in [2.05, 4.69) is 21.2 Å². The molecule has 2 unspecified atom stereocenters. The maximum atomic E-state index is 13.4. The van der Waals surface area contributed by atoms with Crippen LogP contribution in [0.3, 0.4) is 0 Å². The third kappa shape index (κ3) is 5.71. The number of alkyl halides is 2. The van der Waals surface area contributed by atoms with Crippen LogP contribution in [0.1, 0.15) is 36.5 Å². The van der Waals surface area contributed by atoms with Crippen molar-refractivity contribution in [3.8, 4) is 0 Å². The van der Waals surface area contributed by atoms with Gasteiger partial charge in [0, 0.05) is 18.7 Å². The Balaban J connectivity index is 0.00000166. The second kappa shape index (κ2) is 11.5. The number of imidazole rings is 1. The van der Waals surface area contributed by atoms with E-state index in [1.807, 2.05) is 53.5 Å². The number of hydrogen-bond acceptors (Lipinski definition) is 5. The molecule has 0 amide bonds. The topological polar surface area (TPSA) is 63.1 Å². The first-order valence-electron chi connectivity index (χ1n) is 9.06. The highest BCUT2D eigenvalue weighted by Gasteiger charge is 2.22. The van der Waals surface area contributed by atoms with Crippen molar-refractivity contribution < 1.29 is 13.6 Å². The fourth-order valence-corrected chi connectivity index (χ4v) is 5.23. The van der Waals surface area contributed by atoms with E-state index in [0.717, 1.165) is 12.0 Å². The molecule has 2 heterocycles. The first kappa shape index (κ1) is 25.9. The Labute approximate surface area is 202 Å². The third-order valence-corrected chi connectivity index (χ3v) is 7.51. The van der Waals surface area contributed by atoms with Gasteiger partial charge in [-0.3, -0.25) is 9.13 Å². The van der Waals surface area contributed by atoms with Crippen molar-refractivity contribution in [1.82, 2.24) is 14.3 Å². The minimum Gasteiger partial charge on any atom is -0.352 e. The summed E-state index contributed by atoms with van der Waals surface area (Å²) in [6.45, 7) is 4.00. The number of pyridine rings is 1. The second-order valence-corrected chi connectivity index (χ2v) is 10.2. The van der Waals surface area contributed by atoms with Gasteiger partial charge >= 0.3 is 0 Å². The lowest BCUT2D eigenvalue weighted by atomic mass is 10.1. The van der Waals surface area contributed by atoms with Gasteiger partial charge in [-0.05, 0) is 46.5 Å². The van der Waals surface area contributed by atoms with Crippen molar-refractivity contribution >= 4 is 91.1 Å². The van der Waals surface area contributed by atoms with E-state index in [-0.39, 0.29) is 33.7 Å². The highest BCUT2D eigenvalue weighted by molar-refractivity contribution is 14.2. The number of nitrogens with zero attached hydrogens (tertiary/aromatic N) is 4. The number of carbonyl (C=O) groups excluding carboxylic acids is 1. The summed E-state index contributed by atoms with van der Waals surface area (Å²) in [4.78, 5) is 19.5. The van der Waals surface area contributed by atoms with E-state index in [0.29, 0.717) is 22.5 Å². The lowest BCUT2D eigenvalue weighted by Gasteiger charge is -2.24. The third-order valence-electron chi connectivity index (χ3n) is 4.12. The molecule has 0 aliphatic carbocycles. The summed E-state index contributed by atoms with van der Waals surface area (Å²) >= 11 is 8.16. The van der Waals surface area contributed by atoms with E-state index in [1.165, 1.54) is 4.34 Å². The van der Waals surface area contributed by atoms with Crippen LogP contribution in [0, 0.1) is 0 Å². The number of aldehydes is 1. The van der Waals surface area contributed by atoms with Crippen molar-refractivity contribution in [1.29, 1.82) is 0 Å². The summed E-state index contributed by atoms with van der Waals surface area (Å²) in [5.74, 6) is 3.68. The number of rotatable bonds is 7. The van der Waals surface area contributed by atoms with E-state index in [9.17, 15) is 13.6 Å². The molecule has 0 aliphatic rings. The van der Waals surface area contributed by atoms with Crippen LogP contribution in [0.4, 0.5) is 25.8 Å². The monoisotopic (exact) mass is 599 g/mol. The average molecular weight is 600 g/mol. The number of fused-ring (bicyclic) bond motifs is 1. The van der Waals surface area contributed by atoms with Crippen LogP contribution in [0.2, 0.25) is 5.15 Å². The predicted octanol–water partition coefficient (Wildman–Crippen LogP) is 7.08. The Bertz CT molecular complexity index is 1110. The van der Waals surface area contributed by atoms with Crippen LogP contribution in [0.15, 0.2) is 24.3 Å². The quantitative estimate of drug-likeness (QED) is 0.103. The molecule has 1 N–H and O–H groups in total. The molecule has 168 valence electrons. The van der Waals surface area contributed by atoms with Gasteiger partial charge in [-0.2, -0.15) is 0 Å². The van der Waals surface area contributed by atoms with Crippen LogP contribution >= 0.6 is 50.7 Å². The molecule has 0 aliphatic heterocycles. The maximum Gasteiger partial charge on any atom is 0.295 e. The molecule has 3 aromatic rings. The molecule has 1 aromatic carbocycles. The van der Waals surface area contributed by atoms with Gasteiger partial charge in [0.15, 0.2) is 11.5 Å². The standard InChI is InChI=1S/C17H16ClF2IN5OPS.C2H6/c1-25(29(2)3)12-6-9(8-27)4-5-10(12)22-11-7-13(18)23-16-14(11)24-17(15(19)20)26(16)28-21;1-2/h4-8,15,28H,2H2,1,3H3,(H,22,23);1-2H3. The molecule has 2 aromatic heterocycles. The summed E-state index contributed by atoms with van der Waals surface area (Å²) < 4.78 is 30.2. The molecule has 0 bridgehead atoms. The van der Waals surface area contributed by atoms with Gasteiger partial charge < -0.3 is 9.62 Å². The molecular weight excluding hydrogens is 578 g/mol. The van der Waals surface area contributed by atoms with Crippen molar-refractivity contribution in [3.63, 3.8) is 0 Å². The number of carbonyl (C=O) groups is 1. The number of anilines is 3. The zero-order valence-corrected chi connectivity index (χ0v) is 22.0. The number of benzene rings is 1. The predicted molar refractivity (Wildman–Crippen MR) is 141 cm³/mol. The number of aromatic nitrogens is 3. The summed E-state index contributed by atoms with van der Waals surface area (Å²) in [6.07, 6.45) is -0.0437. The normalized spacial score (nSPS) is 12.2. The van der Waals surface area contributed by atoms with E-state index in [4.69, 9.17) is 11.6 Å². The summed E-state index contributed by atoms with van der Waals surface area (Å²) in [5, 5.41) is 3.38. The SMILES string of the molecule is C=S(C)N(C)c1cc(C=O)ccc1Nc1cc(Cl)nc2c1nc(C(F)F)n2PI.CC. The van der Waals surface area contributed by atoms with Crippen molar-refractivity contribution in [2.75, 3.05) is 22.9 Å². The van der Waals surface area contributed by atoms with Gasteiger partial charge in [0.25, 0.3) is 6.43 Å². The molecule has 0 fully saturated rings. The van der Waals surface area contributed by atoms with Crippen molar-refractivity contribution in [2.45, 2.75) is 20.3 Å². The van der Waals surface area contributed by atoms with Crippen LogP contribution in [-0.4, -0.2) is 39.8 Å². The highest BCUT2D eigenvalue weighted by Crippen LogP contribution is 2.40. The van der Waals surface area contributed by atoms with E-state index in [1.54, 1.807) is 24.3 Å². The molecule has 31 heavy (non-hydrogen) atoms. The average Bonchev–Trinajstić information content (AvgIpc) is 3.13. The molecule has 0 saturated carbocycles. The molecule has 2 atom stereocenters. The summed E-state index contributed by atoms with van der Waals surface area (Å²) in [7, 11) is 1.50. The Kier molecular flexibility index (Phi) is 9.60. The van der Waals surface area contributed by atoms with E-state index < -0.39 is 6.43 Å². The minimum atomic E-state index is -2.74. The van der Waals surface area contributed by atoms with Gasteiger partial charge in [0.05, 0.1) is 23.4 Å². The molecule has 3 rings (SSSR count). The van der Waals surface area contributed by atoms with Gasteiger partial charge in [-0.25, -0.2) is 18.7 Å². The van der Waals surface area contributed by atoms with Crippen LogP contribution in [0.25, 0.3) is 11.2 Å². The fourth-order valence-electron chi connectivity index (χ4n) is 2.66. The molecule has 6 nitrogen and oxygen atoms in total. The van der Waals surface area contributed by atoms with Crippen LogP contribution < -0.4 is 9.62 Å². The Morgan fingerprint density at radius 1 is 1.32 bits per heavy atom. The van der Waals surface area contributed by atoms with E-state index >= 15 is 0 Å². The summed E-state index contributed by atoms with van der Waals surface area (Å²) in [5.41, 5.74) is 2.94. The zero-order valence-electron chi connectivity index (χ0n) is 17.3. The van der Waals surface area contributed by atoms with Crippen molar-refractivity contribution in [2.24, 2.45) is 0 Å². The Hall–Kier alpha value is -1.36. The summed E-state index contributed by atoms with van der Waals surface area (Å²) in [6, 6.07) is 6.69. The fraction of sp³-hybridized carbons (Fsp3) is 0.263. The smallest absolute Gasteiger partial charge is 0.295 e. The zero-order chi connectivity index (χ0) is 23.3. The van der Waals surface area contributed by atoms with Crippen molar-refractivity contribution in [3.05, 3.63) is 40.8 Å². The maximum absolute atomic E-state index is 13.4. The van der Waals surface area contributed by atoms with Gasteiger partial charge in [0.2, 0.25) is 0 Å².